The third kappa shape index (κ3) is 3.23. The fraction of sp³-hybridized carbons (Fsp3) is 0.214. The molecule has 0 N–H and O–H groups in total. The second-order valence-electron chi connectivity index (χ2n) is 4.03. The average Bonchev–Trinajstić information content (AvgIpc) is 2.91. The fourth-order valence-corrected chi connectivity index (χ4v) is 1.98. The Bertz CT molecular complexity index is 569. The Labute approximate surface area is 119 Å². The Hall–Kier alpha value is -1.62. The van der Waals surface area contributed by atoms with Gasteiger partial charge >= 0.3 is 0 Å². The van der Waals surface area contributed by atoms with Gasteiger partial charge in [0, 0.05) is 12.1 Å². The largest absolute Gasteiger partial charge is 0.467 e. The van der Waals surface area contributed by atoms with E-state index in [1.165, 1.54) is 12.1 Å². The van der Waals surface area contributed by atoms with Crippen molar-refractivity contribution < 1.29 is 13.6 Å². The van der Waals surface area contributed by atoms with E-state index in [0.29, 0.717) is 28.9 Å². The maximum absolute atomic E-state index is 13.4. The Balaban J connectivity index is 2.18. The van der Waals surface area contributed by atoms with E-state index in [1.54, 1.807) is 29.4 Å². The Morgan fingerprint density at radius 3 is 2.79 bits per heavy atom. The van der Waals surface area contributed by atoms with Crippen LogP contribution in [0.3, 0.4) is 0 Å². The molecule has 1 aromatic carbocycles. The van der Waals surface area contributed by atoms with Crippen molar-refractivity contribution in [3.63, 3.8) is 0 Å². The van der Waals surface area contributed by atoms with Gasteiger partial charge in [0.15, 0.2) is 0 Å². The summed E-state index contributed by atoms with van der Waals surface area (Å²) >= 11 is 3.07. The highest BCUT2D eigenvalue weighted by Crippen LogP contribution is 2.18. The number of rotatable bonds is 4. The minimum atomic E-state index is -0.445. The molecular weight excluding hydrogens is 313 g/mol. The highest BCUT2D eigenvalue weighted by atomic mass is 79.9. The van der Waals surface area contributed by atoms with Crippen LogP contribution in [0.4, 0.5) is 4.39 Å². The van der Waals surface area contributed by atoms with Crippen LogP contribution in [0.5, 0.6) is 0 Å². The molecule has 0 saturated carbocycles. The molecule has 1 amide bonds. The van der Waals surface area contributed by atoms with E-state index >= 15 is 0 Å². The van der Waals surface area contributed by atoms with E-state index in [2.05, 4.69) is 15.9 Å². The van der Waals surface area contributed by atoms with Crippen LogP contribution in [0.15, 0.2) is 45.5 Å². The monoisotopic (exact) mass is 325 g/mol. The van der Waals surface area contributed by atoms with Crippen LogP contribution in [-0.4, -0.2) is 17.4 Å². The summed E-state index contributed by atoms with van der Waals surface area (Å²) in [7, 11) is 0. The van der Waals surface area contributed by atoms with Crippen molar-refractivity contribution >= 4 is 21.8 Å². The molecule has 0 unspecified atom stereocenters. The molecule has 0 aliphatic heterocycles. The van der Waals surface area contributed by atoms with Crippen LogP contribution >= 0.6 is 15.9 Å². The number of hydrogen-bond donors (Lipinski definition) is 0. The van der Waals surface area contributed by atoms with Crippen LogP contribution in [-0.2, 0) is 6.54 Å². The summed E-state index contributed by atoms with van der Waals surface area (Å²) < 4.78 is 19.0. The quantitative estimate of drug-likeness (QED) is 0.855. The van der Waals surface area contributed by atoms with Gasteiger partial charge in [-0.25, -0.2) is 4.39 Å². The van der Waals surface area contributed by atoms with Gasteiger partial charge in [-0.1, -0.05) is 0 Å². The second-order valence-corrected chi connectivity index (χ2v) is 4.88. The minimum absolute atomic E-state index is 0.217. The summed E-state index contributed by atoms with van der Waals surface area (Å²) in [5, 5.41) is 0. The summed E-state index contributed by atoms with van der Waals surface area (Å²) in [6, 6.07) is 7.94. The number of carbonyl (C=O) groups is 1. The number of furan rings is 1. The van der Waals surface area contributed by atoms with E-state index < -0.39 is 5.82 Å². The predicted octanol–water partition coefficient (Wildman–Crippen LogP) is 3.84. The molecule has 0 radical (unpaired) electrons. The van der Waals surface area contributed by atoms with Gasteiger partial charge in [-0.15, -0.1) is 0 Å². The number of amides is 1. The van der Waals surface area contributed by atoms with Gasteiger partial charge in [-0.2, -0.15) is 0 Å². The zero-order valence-electron chi connectivity index (χ0n) is 10.4. The molecule has 1 heterocycles. The molecular formula is C14H13BrFNO2. The summed E-state index contributed by atoms with van der Waals surface area (Å²) in [5.74, 6) is 0.0398. The lowest BCUT2D eigenvalue weighted by molar-refractivity contribution is 0.0741. The van der Waals surface area contributed by atoms with Crippen LogP contribution in [0.2, 0.25) is 0 Å². The maximum atomic E-state index is 13.4. The van der Waals surface area contributed by atoms with Crippen molar-refractivity contribution in [1.29, 1.82) is 0 Å². The molecule has 3 nitrogen and oxygen atoms in total. The lowest BCUT2D eigenvalue weighted by Gasteiger charge is -2.19. The minimum Gasteiger partial charge on any atom is -0.467 e. The molecule has 0 atom stereocenters. The third-order valence-electron chi connectivity index (χ3n) is 2.76. The number of nitrogens with zero attached hydrogens (tertiary/aromatic N) is 1. The van der Waals surface area contributed by atoms with Crippen molar-refractivity contribution in [2.24, 2.45) is 0 Å². The van der Waals surface area contributed by atoms with Crippen molar-refractivity contribution in [1.82, 2.24) is 4.90 Å². The molecule has 2 rings (SSSR count). The molecule has 5 heteroatoms. The summed E-state index contributed by atoms with van der Waals surface area (Å²) in [6.07, 6.45) is 1.56. The standard InChI is InChI=1S/C14H13BrFNO2/c1-2-17(9-11-4-3-7-19-11)14(18)10-5-6-12(15)13(16)8-10/h3-8H,2,9H2,1H3. The van der Waals surface area contributed by atoms with Crippen molar-refractivity contribution in [3.8, 4) is 0 Å². The maximum Gasteiger partial charge on any atom is 0.254 e. The van der Waals surface area contributed by atoms with Gasteiger partial charge in [-0.3, -0.25) is 4.79 Å². The smallest absolute Gasteiger partial charge is 0.254 e. The summed E-state index contributed by atoms with van der Waals surface area (Å²) in [5.41, 5.74) is 0.328. The highest BCUT2D eigenvalue weighted by Gasteiger charge is 2.16. The van der Waals surface area contributed by atoms with Gasteiger partial charge in [-0.05, 0) is 53.2 Å². The van der Waals surface area contributed by atoms with E-state index in [1.807, 2.05) is 6.92 Å². The molecule has 0 spiro atoms. The molecule has 0 fully saturated rings. The molecule has 0 saturated heterocycles. The Morgan fingerprint density at radius 1 is 1.42 bits per heavy atom. The lowest BCUT2D eigenvalue weighted by Crippen LogP contribution is -2.30. The normalized spacial score (nSPS) is 10.5. The Kier molecular flexibility index (Phi) is 4.37. The van der Waals surface area contributed by atoms with Crippen LogP contribution in [0, 0.1) is 5.82 Å². The molecule has 0 aliphatic carbocycles. The first-order valence-electron chi connectivity index (χ1n) is 5.88. The summed E-state index contributed by atoms with van der Waals surface area (Å²) in [4.78, 5) is 13.9. The second kappa shape index (κ2) is 6.02. The number of hydrogen-bond acceptors (Lipinski definition) is 2. The molecule has 2 aromatic rings. The van der Waals surface area contributed by atoms with Crippen LogP contribution in [0.1, 0.15) is 23.0 Å². The van der Waals surface area contributed by atoms with Crippen LogP contribution in [0.25, 0.3) is 0 Å². The van der Waals surface area contributed by atoms with Gasteiger partial charge < -0.3 is 9.32 Å². The molecule has 100 valence electrons. The van der Waals surface area contributed by atoms with Gasteiger partial charge in [0.1, 0.15) is 11.6 Å². The number of halogens is 2. The van der Waals surface area contributed by atoms with E-state index in [0.717, 1.165) is 0 Å². The van der Waals surface area contributed by atoms with Crippen molar-refractivity contribution in [2.75, 3.05) is 6.54 Å². The van der Waals surface area contributed by atoms with Gasteiger partial charge in [0.2, 0.25) is 0 Å². The lowest BCUT2D eigenvalue weighted by atomic mass is 10.2. The third-order valence-corrected chi connectivity index (χ3v) is 3.41. The van der Waals surface area contributed by atoms with E-state index in [-0.39, 0.29) is 5.91 Å². The molecule has 19 heavy (non-hydrogen) atoms. The SMILES string of the molecule is CCN(Cc1ccco1)C(=O)c1ccc(Br)c(F)c1. The molecule has 0 aliphatic rings. The average molecular weight is 326 g/mol. The van der Waals surface area contributed by atoms with Crippen LogP contribution < -0.4 is 0 Å². The molecule has 1 aromatic heterocycles. The van der Waals surface area contributed by atoms with Crippen molar-refractivity contribution in [2.45, 2.75) is 13.5 Å². The van der Waals surface area contributed by atoms with E-state index in [9.17, 15) is 9.18 Å². The number of carbonyl (C=O) groups excluding carboxylic acids is 1. The first-order valence-corrected chi connectivity index (χ1v) is 6.68. The fourth-order valence-electron chi connectivity index (χ4n) is 1.73. The van der Waals surface area contributed by atoms with Gasteiger partial charge in [0.25, 0.3) is 5.91 Å². The molecule has 0 bridgehead atoms. The van der Waals surface area contributed by atoms with Crippen molar-refractivity contribution in [3.05, 3.63) is 58.2 Å². The topological polar surface area (TPSA) is 33.5 Å². The Morgan fingerprint density at radius 2 is 2.21 bits per heavy atom. The summed E-state index contributed by atoms with van der Waals surface area (Å²) in [6.45, 7) is 2.77. The van der Waals surface area contributed by atoms with Gasteiger partial charge in [0.05, 0.1) is 17.3 Å². The first-order chi connectivity index (χ1) is 9.11. The predicted molar refractivity (Wildman–Crippen MR) is 73.2 cm³/mol. The first kappa shape index (κ1) is 13.8. The number of benzene rings is 1. The van der Waals surface area contributed by atoms with E-state index in [4.69, 9.17) is 4.42 Å². The highest BCUT2D eigenvalue weighted by molar-refractivity contribution is 9.10. The zero-order valence-corrected chi connectivity index (χ0v) is 12.0. The zero-order chi connectivity index (χ0) is 13.8.